The fourth-order valence-corrected chi connectivity index (χ4v) is 1.35. The summed E-state index contributed by atoms with van der Waals surface area (Å²) in [6.07, 6.45) is 2.00. The Morgan fingerprint density at radius 1 is 1.50 bits per heavy atom. The monoisotopic (exact) mass is 202 g/mol. The van der Waals surface area contributed by atoms with Crippen molar-refractivity contribution in [3.05, 3.63) is 0 Å². The first-order chi connectivity index (χ1) is 6.46. The summed E-state index contributed by atoms with van der Waals surface area (Å²) in [4.78, 5) is 11.7. The zero-order chi connectivity index (χ0) is 11.2. The number of hydrogen-bond acceptors (Lipinski definition) is 3. The lowest BCUT2D eigenvalue weighted by Gasteiger charge is -2.25. The fraction of sp³-hybridized carbons (Fsp3) is 0.909. The molecule has 0 radical (unpaired) electrons. The van der Waals surface area contributed by atoms with Crippen LogP contribution in [-0.4, -0.2) is 23.8 Å². The second-order valence-electron chi connectivity index (χ2n) is 4.11. The zero-order valence-corrected chi connectivity index (χ0v) is 9.67. The quantitative estimate of drug-likeness (QED) is 0.671. The fourth-order valence-electron chi connectivity index (χ4n) is 1.35. The van der Waals surface area contributed by atoms with Gasteiger partial charge in [-0.2, -0.15) is 0 Å². The van der Waals surface area contributed by atoms with Gasteiger partial charge < -0.3 is 9.84 Å². The van der Waals surface area contributed by atoms with Crippen molar-refractivity contribution in [1.29, 1.82) is 0 Å². The molecule has 0 rings (SSSR count). The van der Waals surface area contributed by atoms with E-state index < -0.39 is 6.10 Å². The minimum Gasteiger partial charge on any atom is -0.463 e. The molecule has 0 bridgehead atoms. The van der Waals surface area contributed by atoms with Gasteiger partial charge in [0.05, 0.1) is 11.5 Å². The van der Waals surface area contributed by atoms with Gasteiger partial charge in [-0.1, -0.05) is 20.3 Å². The lowest BCUT2D eigenvalue weighted by molar-refractivity contribution is -0.158. The van der Waals surface area contributed by atoms with Crippen molar-refractivity contribution < 1.29 is 14.6 Å². The van der Waals surface area contributed by atoms with Crippen LogP contribution < -0.4 is 0 Å². The van der Waals surface area contributed by atoms with Crippen LogP contribution in [-0.2, 0) is 9.53 Å². The predicted octanol–water partition coefficient (Wildman–Crippen LogP) is 2.13. The summed E-state index contributed by atoms with van der Waals surface area (Å²) < 4.78 is 5.02. The Labute approximate surface area is 86.5 Å². The smallest absolute Gasteiger partial charge is 0.311 e. The van der Waals surface area contributed by atoms with Crippen molar-refractivity contribution in [3.63, 3.8) is 0 Å². The van der Waals surface area contributed by atoms with Gasteiger partial charge in [-0.3, -0.25) is 4.79 Å². The van der Waals surface area contributed by atoms with E-state index in [1.54, 1.807) is 6.92 Å². The van der Waals surface area contributed by atoms with E-state index in [1.807, 2.05) is 13.8 Å². The number of rotatable bonds is 6. The lowest BCUT2D eigenvalue weighted by atomic mass is 9.83. The molecular formula is C11H22O3. The van der Waals surface area contributed by atoms with E-state index in [9.17, 15) is 4.79 Å². The number of aliphatic hydroxyl groups is 1. The summed E-state index contributed by atoms with van der Waals surface area (Å²) in [5, 5.41) is 8.99. The number of ether oxygens (including phenoxy) is 1. The standard InChI is InChI=1S/C11H22O3/c1-5-7-11(4,6-2)10(13)14-8-9(3)12/h9,12H,5-8H2,1-4H3. The Morgan fingerprint density at radius 3 is 2.43 bits per heavy atom. The molecule has 0 aromatic carbocycles. The molecule has 1 N–H and O–H groups in total. The van der Waals surface area contributed by atoms with Crippen LogP contribution in [0.3, 0.4) is 0 Å². The first-order valence-corrected chi connectivity index (χ1v) is 5.31. The summed E-state index contributed by atoms with van der Waals surface area (Å²) in [7, 11) is 0. The Bertz CT molecular complexity index is 177. The minimum absolute atomic E-state index is 0.0954. The normalized spacial score (nSPS) is 17.2. The predicted molar refractivity (Wildman–Crippen MR) is 55.9 cm³/mol. The third-order valence-electron chi connectivity index (χ3n) is 2.53. The van der Waals surface area contributed by atoms with Crippen LogP contribution in [0.4, 0.5) is 0 Å². The van der Waals surface area contributed by atoms with Gasteiger partial charge in [0.2, 0.25) is 0 Å². The maximum Gasteiger partial charge on any atom is 0.311 e. The number of hydrogen-bond donors (Lipinski definition) is 1. The molecule has 0 aliphatic heterocycles. The van der Waals surface area contributed by atoms with E-state index in [-0.39, 0.29) is 18.0 Å². The molecule has 0 heterocycles. The highest BCUT2D eigenvalue weighted by atomic mass is 16.5. The van der Waals surface area contributed by atoms with Crippen LogP contribution >= 0.6 is 0 Å². The van der Waals surface area contributed by atoms with E-state index in [1.165, 1.54) is 0 Å². The highest BCUT2D eigenvalue weighted by Gasteiger charge is 2.31. The molecule has 0 aliphatic rings. The van der Waals surface area contributed by atoms with Gasteiger partial charge in [0.25, 0.3) is 0 Å². The van der Waals surface area contributed by atoms with Gasteiger partial charge in [0.1, 0.15) is 6.61 Å². The SMILES string of the molecule is CCCC(C)(CC)C(=O)OCC(C)O. The second-order valence-corrected chi connectivity index (χ2v) is 4.11. The van der Waals surface area contributed by atoms with Crippen molar-refractivity contribution in [3.8, 4) is 0 Å². The van der Waals surface area contributed by atoms with E-state index >= 15 is 0 Å². The van der Waals surface area contributed by atoms with Gasteiger partial charge in [-0.15, -0.1) is 0 Å². The highest BCUT2D eigenvalue weighted by Crippen LogP contribution is 2.28. The first kappa shape index (κ1) is 13.4. The van der Waals surface area contributed by atoms with Crippen LogP contribution in [0, 0.1) is 5.41 Å². The number of aliphatic hydroxyl groups excluding tert-OH is 1. The molecule has 0 amide bonds. The molecular weight excluding hydrogens is 180 g/mol. The molecule has 0 aromatic heterocycles. The molecule has 0 aliphatic carbocycles. The second kappa shape index (κ2) is 6.02. The van der Waals surface area contributed by atoms with Crippen molar-refractivity contribution in [2.45, 2.75) is 53.1 Å². The molecule has 0 fully saturated rings. The minimum atomic E-state index is -0.582. The van der Waals surface area contributed by atoms with Crippen molar-refractivity contribution in [1.82, 2.24) is 0 Å². The Balaban J connectivity index is 4.16. The van der Waals surface area contributed by atoms with Crippen LogP contribution in [0.15, 0.2) is 0 Å². The Hall–Kier alpha value is -0.570. The maximum atomic E-state index is 11.7. The third kappa shape index (κ3) is 4.09. The Kier molecular flexibility index (Phi) is 5.77. The number of esters is 1. The molecule has 3 nitrogen and oxygen atoms in total. The zero-order valence-electron chi connectivity index (χ0n) is 9.67. The molecule has 2 unspecified atom stereocenters. The van der Waals surface area contributed by atoms with Crippen molar-refractivity contribution in [2.75, 3.05) is 6.61 Å². The first-order valence-electron chi connectivity index (χ1n) is 5.31. The molecule has 0 aromatic rings. The van der Waals surface area contributed by atoms with E-state index in [4.69, 9.17) is 9.84 Å². The third-order valence-corrected chi connectivity index (χ3v) is 2.53. The summed E-state index contributed by atoms with van der Waals surface area (Å²) in [6.45, 7) is 7.66. The Morgan fingerprint density at radius 2 is 2.07 bits per heavy atom. The largest absolute Gasteiger partial charge is 0.463 e. The lowest BCUT2D eigenvalue weighted by Crippen LogP contribution is -2.31. The van der Waals surface area contributed by atoms with Gasteiger partial charge in [-0.05, 0) is 26.7 Å². The van der Waals surface area contributed by atoms with E-state index in [0.717, 1.165) is 19.3 Å². The summed E-state index contributed by atoms with van der Waals surface area (Å²) in [6, 6.07) is 0. The average molecular weight is 202 g/mol. The van der Waals surface area contributed by atoms with Crippen LogP contribution in [0.25, 0.3) is 0 Å². The van der Waals surface area contributed by atoms with Crippen LogP contribution in [0.1, 0.15) is 47.0 Å². The van der Waals surface area contributed by atoms with E-state index in [0.29, 0.717) is 0 Å². The van der Waals surface area contributed by atoms with Gasteiger partial charge in [0.15, 0.2) is 0 Å². The molecule has 0 saturated heterocycles. The topological polar surface area (TPSA) is 46.5 Å². The summed E-state index contributed by atoms with van der Waals surface area (Å²) in [5.41, 5.74) is -0.385. The molecule has 14 heavy (non-hydrogen) atoms. The van der Waals surface area contributed by atoms with Crippen LogP contribution in [0.2, 0.25) is 0 Å². The molecule has 3 heteroatoms. The molecule has 0 saturated carbocycles. The van der Waals surface area contributed by atoms with Gasteiger partial charge in [-0.25, -0.2) is 0 Å². The highest BCUT2D eigenvalue weighted by molar-refractivity contribution is 5.76. The average Bonchev–Trinajstić information content (AvgIpc) is 2.14. The summed E-state index contributed by atoms with van der Waals surface area (Å²) >= 11 is 0. The van der Waals surface area contributed by atoms with Crippen molar-refractivity contribution in [2.24, 2.45) is 5.41 Å². The van der Waals surface area contributed by atoms with E-state index in [2.05, 4.69) is 6.92 Å². The molecule has 0 spiro atoms. The summed E-state index contributed by atoms with van der Waals surface area (Å²) in [5.74, 6) is -0.192. The number of carbonyl (C=O) groups is 1. The molecule has 2 atom stereocenters. The molecule has 84 valence electrons. The van der Waals surface area contributed by atoms with Crippen molar-refractivity contribution >= 4 is 5.97 Å². The van der Waals surface area contributed by atoms with Gasteiger partial charge >= 0.3 is 5.97 Å². The van der Waals surface area contributed by atoms with Gasteiger partial charge in [0, 0.05) is 0 Å². The van der Waals surface area contributed by atoms with Crippen LogP contribution in [0.5, 0.6) is 0 Å². The number of carbonyl (C=O) groups excluding carboxylic acids is 1. The maximum absolute atomic E-state index is 11.7.